The molecule has 17 heavy (non-hydrogen) atoms. The van der Waals surface area contributed by atoms with Crippen LogP contribution in [0.15, 0.2) is 0 Å². The van der Waals surface area contributed by atoms with Crippen LogP contribution in [0.1, 0.15) is 0 Å². The molecule has 0 spiro atoms. The van der Waals surface area contributed by atoms with Gasteiger partial charge in [0.25, 0.3) is 0 Å². The molecule has 0 unspecified atom stereocenters. The van der Waals surface area contributed by atoms with E-state index in [1.165, 1.54) is 11.5 Å². The van der Waals surface area contributed by atoms with Crippen LogP contribution >= 0.6 is 23.4 Å². The van der Waals surface area contributed by atoms with E-state index in [0.717, 1.165) is 26.2 Å². The van der Waals surface area contributed by atoms with Gasteiger partial charge in [-0.1, -0.05) is 0 Å². The maximum absolute atomic E-state index is 5.68. The molecule has 2 rings (SSSR count). The van der Waals surface area contributed by atoms with Crippen molar-refractivity contribution in [2.75, 3.05) is 48.7 Å². The molecule has 1 aromatic heterocycles. The zero-order chi connectivity index (χ0) is 12.1. The van der Waals surface area contributed by atoms with Gasteiger partial charge in [-0.15, -0.1) is 0 Å². The van der Waals surface area contributed by atoms with Gasteiger partial charge in [-0.25, -0.2) is 0 Å². The average Bonchev–Trinajstić information content (AvgIpc) is 2.29. The normalized spacial score (nSPS) is 17.0. The van der Waals surface area contributed by atoms with Gasteiger partial charge in [0.05, 0.1) is 0 Å². The SMILES string of the molecule is Nc1nc(Cl)nc(NCCN2CCSCC2)n1. The van der Waals surface area contributed by atoms with Gasteiger partial charge in [0.1, 0.15) is 0 Å². The highest BCUT2D eigenvalue weighted by molar-refractivity contribution is 7.99. The monoisotopic (exact) mass is 274 g/mol. The largest absolute Gasteiger partial charge is 0.368 e. The van der Waals surface area contributed by atoms with E-state index in [1.807, 2.05) is 11.8 Å². The molecule has 3 N–H and O–H groups in total. The van der Waals surface area contributed by atoms with E-state index in [0.29, 0.717) is 5.95 Å². The minimum atomic E-state index is 0.120. The first-order valence-corrected chi connectivity index (χ1v) is 6.98. The summed E-state index contributed by atoms with van der Waals surface area (Å²) in [7, 11) is 0. The first kappa shape index (κ1) is 12.7. The van der Waals surface area contributed by atoms with Gasteiger partial charge in [0.15, 0.2) is 0 Å². The summed E-state index contributed by atoms with van der Waals surface area (Å²) in [4.78, 5) is 14.0. The lowest BCUT2D eigenvalue weighted by molar-refractivity contribution is 0.314. The Morgan fingerprint density at radius 3 is 2.76 bits per heavy atom. The first-order chi connectivity index (χ1) is 8.24. The van der Waals surface area contributed by atoms with Crippen molar-refractivity contribution >= 4 is 35.3 Å². The Hall–Kier alpha value is -0.790. The van der Waals surface area contributed by atoms with Crippen molar-refractivity contribution in [1.29, 1.82) is 0 Å². The molecule has 0 aromatic carbocycles. The standard InChI is InChI=1S/C9H15ClN6S/c10-7-13-8(11)15-9(14-7)12-1-2-16-3-5-17-6-4-16/h1-6H2,(H3,11,12,13,14,15). The van der Waals surface area contributed by atoms with Crippen molar-refractivity contribution in [2.45, 2.75) is 0 Å². The van der Waals surface area contributed by atoms with Crippen LogP contribution < -0.4 is 11.1 Å². The number of nitrogen functional groups attached to an aromatic ring is 1. The lowest BCUT2D eigenvalue weighted by Gasteiger charge is -2.25. The van der Waals surface area contributed by atoms with Crippen LogP contribution in [0.4, 0.5) is 11.9 Å². The van der Waals surface area contributed by atoms with Crippen molar-refractivity contribution in [1.82, 2.24) is 19.9 Å². The summed E-state index contributed by atoms with van der Waals surface area (Å²) in [6.45, 7) is 4.05. The van der Waals surface area contributed by atoms with Crippen LogP contribution in [0, 0.1) is 0 Å². The topological polar surface area (TPSA) is 80.0 Å². The number of thioether (sulfide) groups is 1. The molecule has 0 bridgehead atoms. The van der Waals surface area contributed by atoms with E-state index < -0.39 is 0 Å². The quantitative estimate of drug-likeness (QED) is 0.831. The maximum atomic E-state index is 5.68. The van der Waals surface area contributed by atoms with Gasteiger partial charge in [0.2, 0.25) is 17.2 Å². The summed E-state index contributed by atoms with van der Waals surface area (Å²) < 4.78 is 0. The third-order valence-electron chi connectivity index (χ3n) is 2.44. The molecule has 0 atom stereocenters. The summed E-state index contributed by atoms with van der Waals surface area (Å²) in [5.74, 6) is 3.01. The smallest absolute Gasteiger partial charge is 0.228 e. The lowest BCUT2D eigenvalue weighted by Crippen LogP contribution is -2.36. The molecule has 1 fully saturated rings. The lowest BCUT2D eigenvalue weighted by atomic mass is 10.4. The average molecular weight is 275 g/mol. The third-order valence-corrected chi connectivity index (χ3v) is 3.55. The summed E-state index contributed by atoms with van der Waals surface area (Å²) in [6.07, 6.45) is 0. The van der Waals surface area contributed by atoms with Crippen LogP contribution in [0.2, 0.25) is 5.28 Å². The number of nitrogens with one attached hydrogen (secondary N) is 1. The van der Waals surface area contributed by atoms with Gasteiger partial charge in [-0.05, 0) is 11.6 Å². The Kier molecular flexibility index (Phi) is 4.64. The van der Waals surface area contributed by atoms with E-state index in [9.17, 15) is 0 Å². The van der Waals surface area contributed by atoms with Crippen LogP contribution in [0.5, 0.6) is 0 Å². The van der Waals surface area contributed by atoms with Gasteiger partial charge in [0, 0.05) is 37.7 Å². The Balaban J connectivity index is 1.77. The second-order valence-corrected chi connectivity index (χ2v) is 5.23. The molecule has 8 heteroatoms. The van der Waals surface area contributed by atoms with E-state index in [1.54, 1.807) is 0 Å². The molecule has 1 aliphatic heterocycles. The minimum absolute atomic E-state index is 0.120. The fourth-order valence-corrected chi connectivity index (χ4v) is 2.74. The van der Waals surface area contributed by atoms with Crippen molar-refractivity contribution in [2.24, 2.45) is 0 Å². The second kappa shape index (κ2) is 6.23. The Bertz CT molecular complexity index is 350. The highest BCUT2D eigenvalue weighted by Crippen LogP contribution is 2.09. The van der Waals surface area contributed by atoms with Crippen LogP contribution in [0.3, 0.4) is 0 Å². The number of halogens is 1. The number of hydrogen-bond acceptors (Lipinski definition) is 7. The third kappa shape index (κ3) is 4.18. The second-order valence-electron chi connectivity index (χ2n) is 3.67. The fourth-order valence-electron chi connectivity index (χ4n) is 1.60. The highest BCUT2D eigenvalue weighted by atomic mass is 35.5. The molecule has 0 aliphatic carbocycles. The van der Waals surface area contributed by atoms with Crippen LogP contribution in [0.25, 0.3) is 0 Å². The Morgan fingerprint density at radius 2 is 2.06 bits per heavy atom. The molecule has 0 amide bonds. The highest BCUT2D eigenvalue weighted by Gasteiger charge is 2.09. The number of anilines is 2. The van der Waals surface area contributed by atoms with E-state index in [-0.39, 0.29) is 11.2 Å². The van der Waals surface area contributed by atoms with Gasteiger partial charge >= 0.3 is 0 Å². The molecule has 1 saturated heterocycles. The van der Waals surface area contributed by atoms with Crippen molar-refractivity contribution in [3.63, 3.8) is 0 Å². The predicted octanol–water partition coefficient (Wildman–Crippen LogP) is 0.568. The number of nitrogens with two attached hydrogens (primary N) is 1. The molecule has 6 nitrogen and oxygen atoms in total. The Labute approximate surface area is 109 Å². The Morgan fingerprint density at radius 1 is 1.29 bits per heavy atom. The molecule has 1 aliphatic rings. The van der Waals surface area contributed by atoms with Crippen molar-refractivity contribution in [3.8, 4) is 0 Å². The number of rotatable bonds is 4. The zero-order valence-electron chi connectivity index (χ0n) is 9.40. The predicted molar refractivity (Wildman–Crippen MR) is 71.5 cm³/mol. The zero-order valence-corrected chi connectivity index (χ0v) is 11.0. The summed E-state index contributed by atoms with van der Waals surface area (Å²) >= 11 is 7.69. The van der Waals surface area contributed by atoms with Gasteiger partial charge in [-0.3, -0.25) is 4.90 Å². The molecule has 0 radical (unpaired) electrons. The molecule has 94 valence electrons. The maximum Gasteiger partial charge on any atom is 0.228 e. The van der Waals surface area contributed by atoms with E-state index >= 15 is 0 Å². The molecule has 0 saturated carbocycles. The van der Waals surface area contributed by atoms with Crippen LogP contribution in [-0.4, -0.2) is 57.5 Å². The number of nitrogens with zero attached hydrogens (tertiary/aromatic N) is 4. The van der Waals surface area contributed by atoms with Crippen LogP contribution in [-0.2, 0) is 0 Å². The molecular formula is C9H15ClN6S. The van der Waals surface area contributed by atoms with E-state index in [4.69, 9.17) is 17.3 Å². The molecular weight excluding hydrogens is 260 g/mol. The first-order valence-electron chi connectivity index (χ1n) is 5.45. The van der Waals surface area contributed by atoms with Crippen molar-refractivity contribution in [3.05, 3.63) is 5.28 Å². The molecule has 1 aromatic rings. The minimum Gasteiger partial charge on any atom is -0.368 e. The fraction of sp³-hybridized carbons (Fsp3) is 0.667. The molecule has 2 heterocycles. The van der Waals surface area contributed by atoms with Crippen molar-refractivity contribution < 1.29 is 0 Å². The summed E-state index contributed by atoms with van der Waals surface area (Å²) in [6, 6.07) is 0. The van der Waals surface area contributed by atoms with E-state index in [2.05, 4.69) is 25.2 Å². The number of hydrogen-bond donors (Lipinski definition) is 2. The van der Waals surface area contributed by atoms with Gasteiger partial charge in [-0.2, -0.15) is 26.7 Å². The number of aromatic nitrogens is 3. The summed E-state index contributed by atoms with van der Waals surface area (Å²) in [5, 5.41) is 3.22. The summed E-state index contributed by atoms with van der Waals surface area (Å²) in [5.41, 5.74) is 5.47. The van der Waals surface area contributed by atoms with Gasteiger partial charge < -0.3 is 11.1 Å².